The van der Waals surface area contributed by atoms with Gasteiger partial charge in [-0.1, -0.05) is 18.2 Å². The van der Waals surface area contributed by atoms with E-state index in [-0.39, 0.29) is 17.8 Å². The van der Waals surface area contributed by atoms with Crippen LogP contribution in [0, 0.1) is 12.7 Å². The fourth-order valence-corrected chi connectivity index (χ4v) is 4.03. The van der Waals surface area contributed by atoms with E-state index in [0.717, 1.165) is 29.7 Å². The molecule has 1 aliphatic rings. The van der Waals surface area contributed by atoms with E-state index in [1.165, 1.54) is 12.1 Å². The smallest absolute Gasteiger partial charge is 0.274 e. The topological polar surface area (TPSA) is 63.6 Å². The summed E-state index contributed by atoms with van der Waals surface area (Å²) in [6.45, 7) is 2.63. The molecule has 0 radical (unpaired) electrons. The van der Waals surface area contributed by atoms with Gasteiger partial charge in [0.2, 0.25) is 5.89 Å². The monoisotopic (exact) mass is 404 g/mol. The molecule has 0 spiro atoms. The van der Waals surface area contributed by atoms with Crippen LogP contribution in [0.25, 0.3) is 5.65 Å². The van der Waals surface area contributed by atoms with E-state index >= 15 is 0 Å². The number of benzene rings is 1. The summed E-state index contributed by atoms with van der Waals surface area (Å²) >= 11 is 0. The quantitative estimate of drug-likeness (QED) is 0.508. The van der Waals surface area contributed by atoms with Crippen molar-refractivity contribution in [2.75, 3.05) is 6.54 Å². The molecule has 1 aromatic carbocycles. The Morgan fingerprint density at radius 2 is 2.07 bits per heavy atom. The summed E-state index contributed by atoms with van der Waals surface area (Å²) in [4.78, 5) is 23.9. The number of oxazole rings is 1. The van der Waals surface area contributed by atoms with Crippen molar-refractivity contribution in [3.63, 3.8) is 0 Å². The lowest BCUT2D eigenvalue weighted by Crippen LogP contribution is -2.31. The lowest BCUT2D eigenvalue weighted by atomic mass is 10.1. The van der Waals surface area contributed by atoms with Crippen LogP contribution in [-0.2, 0) is 6.42 Å². The van der Waals surface area contributed by atoms with Crippen LogP contribution in [0.2, 0.25) is 0 Å². The third kappa shape index (κ3) is 3.36. The number of carbonyl (C=O) groups excluding carboxylic acids is 1. The average molecular weight is 404 g/mol. The summed E-state index contributed by atoms with van der Waals surface area (Å²) in [5.41, 5.74) is 3.15. The van der Waals surface area contributed by atoms with Crippen LogP contribution in [-0.4, -0.2) is 31.7 Å². The van der Waals surface area contributed by atoms with Gasteiger partial charge in [-0.25, -0.2) is 14.4 Å². The summed E-state index contributed by atoms with van der Waals surface area (Å²) in [6.07, 6.45) is 5.69. The number of likely N-dealkylation sites (tertiary alicyclic amines) is 1. The van der Waals surface area contributed by atoms with E-state index in [9.17, 15) is 9.18 Å². The molecule has 1 saturated heterocycles. The molecular weight excluding hydrogens is 383 g/mol. The Hall–Kier alpha value is -3.48. The fraction of sp³-hybridized carbons (Fsp3) is 0.261. The molecule has 0 saturated carbocycles. The van der Waals surface area contributed by atoms with E-state index in [2.05, 4.69) is 9.97 Å². The molecule has 1 aliphatic heterocycles. The molecule has 4 heterocycles. The molecule has 152 valence electrons. The van der Waals surface area contributed by atoms with Crippen LogP contribution in [0.3, 0.4) is 0 Å². The molecule has 0 N–H and O–H groups in total. The predicted molar refractivity (Wildman–Crippen MR) is 109 cm³/mol. The predicted octanol–water partition coefficient (Wildman–Crippen LogP) is 4.34. The van der Waals surface area contributed by atoms with Crippen molar-refractivity contribution < 1.29 is 13.6 Å². The van der Waals surface area contributed by atoms with Crippen LogP contribution in [0.4, 0.5) is 4.39 Å². The number of hydrogen-bond donors (Lipinski definition) is 0. The van der Waals surface area contributed by atoms with Gasteiger partial charge < -0.3 is 13.7 Å². The number of pyridine rings is 1. The zero-order chi connectivity index (χ0) is 20.7. The maximum atomic E-state index is 13.2. The number of carbonyl (C=O) groups is 1. The van der Waals surface area contributed by atoms with Crippen LogP contribution in [0.5, 0.6) is 0 Å². The molecule has 1 fully saturated rings. The lowest BCUT2D eigenvalue weighted by molar-refractivity contribution is 0.0709. The SMILES string of the molecule is Cc1cccc2nc(C(=O)N3CCCC3c3ncc(Cc4ccc(F)cc4)o3)cn12. The molecule has 0 bridgehead atoms. The number of imidazole rings is 1. The first kappa shape index (κ1) is 18.5. The van der Waals surface area contributed by atoms with Gasteiger partial charge in [-0.2, -0.15) is 0 Å². The third-order valence-electron chi connectivity index (χ3n) is 5.58. The number of hydrogen-bond acceptors (Lipinski definition) is 4. The second-order valence-electron chi connectivity index (χ2n) is 7.65. The molecule has 4 aromatic rings. The van der Waals surface area contributed by atoms with Crippen molar-refractivity contribution in [1.82, 2.24) is 19.3 Å². The standard InChI is InChI=1S/C23H21FN4O2/c1-15-4-2-6-21-26-19(14-28(15)21)23(29)27-11-3-5-20(27)22-25-13-18(30-22)12-16-7-9-17(24)10-8-16/h2,4,6-10,13-14,20H,3,5,11-12H2,1H3. The molecule has 1 amide bonds. The minimum absolute atomic E-state index is 0.112. The third-order valence-corrected chi connectivity index (χ3v) is 5.58. The van der Waals surface area contributed by atoms with Gasteiger partial charge >= 0.3 is 0 Å². The molecular formula is C23H21FN4O2. The van der Waals surface area contributed by atoms with Gasteiger partial charge in [0.05, 0.1) is 6.20 Å². The number of fused-ring (bicyclic) bond motifs is 1. The minimum atomic E-state index is -0.265. The Balaban J connectivity index is 1.37. The summed E-state index contributed by atoms with van der Waals surface area (Å²) in [5, 5.41) is 0. The fourth-order valence-electron chi connectivity index (χ4n) is 4.03. The second kappa shape index (κ2) is 7.40. The lowest BCUT2D eigenvalue weighted by Gasteiger charge is -2.21. The Kier molecular flexibility index (Phi) is 4.58. The minimum Gasteiger partial charge on any atom is -0.443 e. The molecule has 5 rings (SSSR count). The summed E-state index contributed by atoms with van der Waals surface area (Å²) in [7, 11) is 0. The van der Waals surface area contributed by atoms with Crippen molar-refractivity contribution in [3.8, 4) is 0 Å². The molecule has 7 heteroatoms. The van der Waals surface area contributed by atoms with Crippen LogP contribution in [0.1, 0.15) is 52.3 Å². The first-order valence-electron chi connectivity index (χ1n) is 10.0. The van der Waals surface area contributed by atoms with Gasteiger partial charge in [-0.15, -0.1) is 0 Å². The largest absolute Gasteiger partial charge is 0.443 e. The van der Waals surface area contributed by atoms with Gasteiger partial charge in [-0.3, -0.25) is 4.79 Å². The average Bonchev–Trinajstić information content (AvgIpc) is 3.48. The van der Waals surface area contributed by atoms with E-state index in [1.807, 2.05) is 29.5 Å². The van der Waals surface area contributed by atoms with Crippen molar-refractivity contribution in [1.29, 1.82) is 0 Å². The highest BCUT2D eigenvalue weighted by Crippen LogP contribution is 2.33. The van der Waals surface area contributed by atoms with Crippen molar-refractivity contribution in [3.05, 3.63) is 89.3 Å². The van der Waals surface area contributed by atoms with E-state index in [1.54, 1.807) is 29.4 Å². The van der Waals surface area contributed by atoms with Gasteiger partial charge in [0.15, 0.2) is 0 Å². The number of amides is 1. The zero-order valence-electron chi connectivity index (χ0n) is 16.6. The first-order chi connectivity index (χ1) is 14.6. The number of rotatable bonds is 4. The molecule has 1 atom stereocenters. The summed E-state index contributed by atoms with van der Waals surface area (Å²) in [5.74, 6) is 0.857. The number of aromatic nitrogens is 3. The summed E-state index contributed by atoms with van der Waals surface area (Å²) in [6, 6.07) is 11.9. The van der Waals surface area contributed by atoms with E-state index in [0.29, 0.717) is 30.3 Å². The number of halogens is 1. The number of aryl methyl sites for hydroxylation is 1. The highest BCUT2D eigenvalue weighted by Gasteiger charge is 2.34. The Morgan fingerprint density at radius 1 is 1.23 bits per heavy atom. The van der Waals surface area contributed by atoms with Crippen molar-refractivity contribution in [2.24, 2.45) is 0 Å². The molecule has 1 unspecified atom stereocenters. The van der Waals surface area contributed by atoms with Gasteiger partial charge in [0.25, 0.3) is 5.91 Å². The normalized spacial score (nSPS) is 16.5. The van der Waals surface area contributed by atoms with Gasteiger partial charge in [0, 0.05) is 24.9 Å². The maximum absolute atomic E-state index is 13.2. The van der Waals surface area contributed by atoms with Crippen molar-refractivity contribution in [2.45, 2.75) is 32.2 Å². The first-order valence-corrected chi connectivity index (χ1v) is 10.0. The van der Waals surface area contributed by atoms with Crippen LogP contribution < -0.4 is 0 Å². The Bertz CT molecular complexity index is 1210. The van der Waals surface area contributed by atoms with Crippen molar-refractivity contribution >= 4 is 11.6 Å². The molecule has 6 nitrogen and oxygen atoms in total. The van der Waals surface area contributed by atoms with Crippen LogP contribution in [0.15, 0.2) is 59.3 Å². The molecule has 3 aromatic heterocycles. The van der Waals surface area contributed by atoms with Gasteiger partial charge in [0.1, 0.15) is 29.0 Å². The second-order valence-corrected chi connectivity index (χ2v) is 7.65. The molecule has 30 heavy (non-hydrogen) atoms. The highest BCUT2D eigenvalue weighted by molar-refractivity contribution is 5.93. The summed E-state index contributed by atoms with van der Waals surface area (Å²) < 4.78 is 21.0. The molecule has 0 aliphatic carbocycles. The maximum Gasteiger partial charge on any atom is 0.274 e. The number of nitrogens with zero attached hydrogens (tertiary/aromatic N) is 4. The highest BCUT2D eigenvalue weighted by atomic mass is 19.1. The Morgan fingerprint density at radius 3 is 2.87 bits per heavy atom. The zero-order valence-corrected chi connectivity index (χ0v) is 16.6. The van der Waals surface area contributed by atoms with E-state index < -0.39 is 0 Å². The Labute approximate surface area is 173 Å². The van der Waals surface area contributed by atoms with Gasteiger partial charge in [-0.05, 0) is 49.6 Å². The van der Waals surface area contributed by atoms with Crippen LogP contribution >= 0.6 is 0 Å². The van der Waals surface area contributed by atoms with E-state index in [4.69, 9.17) is 4.42 Å².